The molecule has 4 rings (SSSR count). The second kappa shape index (κ2) is 6.65. The van der Waals surface area contributed by atoms with Gasteiger partial charge in [0.15, 0.2) is 0 Å². The Morgan fingerprint density at radius 3 is 1.50 bits per heavy atom. The molecule has 0 spiro atoms. The van der Waals surface area contributed by atoms with Gasteiger partial charge in [-0.25, -0.2) is 0 Å². The van der Waals surface area contributed by atoms with Crippen LogP contribution in [0.4, 0.5) is 0 Å². The maximum Gasteiger partial charge on any atom is 0.0435 e. The van der Waals surface area contributed by atoms with Crippen molar-refractivity contribution in [2.24, 2.45) is 0 Å². The number of pyridine rings is 2. The van der Waals surface area contributed by atoms with Crippen molar-refractivity contribution >= 4 is 0 Å². The second-order valence-corrected chi connectivity index (χ2v) is 5.63. The van der Waals surface area contributed by atoms with Gasteiger partial charge in [-0.15, -0.1) is 0 Å². The third-order valence-corrected chi connectivity index (χ3v) is 4.19. The van der Waals surface area contributed by atoms with Crippen LogP contribution in [0.2, 0.25) is 0 Å². The smallest absolute Gasteiger partial charge is 0.0435 e. The maximum atomic E-state index is 4.32. The molecule has 0 amide bonds. The number of hydrogen-bond acceptors (Lipinski definition) is 2. The minimum absolute atomic E-state index is 1.19. The molecular weight excluding hydrogens is 244 g/mol. The third-order valence-electron chi connectivity index (χ3n) is 4.19. The van der Waals surface area contributed by atoms with Gasteiger partial charge in [0.1, 0.15) is 0 Å². The van der Waals surface area contributed by atoms with Crippen molar-refractivity contribution in [3.8, 4) is 0 Å². The summed E-state index contributed by atoms with van der Waals surface area (Å²) in [6, 6.07) is 8.46. The highest BCUT2D eigenvalue weighted by atomic mass is 14.7. The van der Waals surface area contributed by atoms with Crippen molar-refractivity contribution in [2.45, 2.75) is 51.4 Å². The van der Waals surface area contributed by atoms with Crippen LogP contribution < -0.4 is 0 Å². The van der Waals surface area contributed by atoms with E-state index in [0.717, 1.165) is 0 Å². The van der Waals surface area contributed by atoms with Crippen LogP contribution in [0.3, 0.4) is 0 Å². The summed E-state index contributed by atoms with van der Waals surface area (Å²) in [5, 5.41) is 0. The molecule has 0 radical (unpaired) electrons. The molecule has 0 unspecified atom stereocenters. The summed E-state index contributed by atoms with van der Waals surface area (Å²) in [7, 11) is 0. The van der Waals surface area contributed by atoms with Crippen molar-refractivity contribution in [1.82, 2.24) is 9.97 Å². The molecule has 2 aliphatic rings. The van der Waals surface area contributed by atoms with Gasteiger partial charge in [0.05, 0.1) is 0 Å². The van der Waals surface area contributed by atoms with E-state index in [1.165, 1.54) is 73.9 Å². The van der Waals surface area contributed by atoms with Crippen molar-refractivity contribution in [3.05, 3.63) is 59.2 Å². The standard InChI is InChI=1S/2C9H11N/c2*1-2-6-9-8(4-1)5-3-7-10-9/h2*3,5,7H,1-2,4,6H2. The number of fused-ring (bicyclic) bond motifs is 2. The van der Waals surface area contributed by atoms with Crippen LogP contribution in [0.25, 0.3) is 0 Å². The van der Waals surface area contributed by atoms with Crippen molar-refractivity contribution in [1.29, 1.82) is 0 Å². The summed E-state index contributed by atoms with van der Waals surface area (Å²) < 4.78 is 0. The largest absolute Gasteiger partial charge is 0.261 e. The van der Waals surface area contributed by atoms with Gasteiger partial charge in [-0.2, -0.15) is 0 Å². The molecule has 2 nitrogen and oxygen atoms in total. The van der Waals surface area contributed by atoms with Gasteiger partial charge >= 0.3 is 0 Å². The van der Waals surface area contributed by atoms with Gasteiger partial charge < -0.3 is 0 Å². The van der Waals surface area contributed by atoms with Crippen molar-refractivity contribution in [2.75, 3.05) is 0 Å². The van der Waals surface area contributed by atoms with Crippen LogP contribution in [-0.4, -0.2) is 9.97 Å². The fourth-order valence-corrected chi connectivity index (χ4v) is 3.06. The van der Waals surface area contributed by atoms with Gasteiger partial charge in [0.25, 0.3) is 0 Å². The van der Waals surface area contributed by atoms with Gasteiger partial charge in [0.2, 0.25) is 0 Å². The molecule has 2 aliphatic carbocycles. The third kappa shape index (κ3) is 3.24. The molecular formula is C18H22N2. The minimum atomic E-state index is 1.19. The summed E-state index contributed by atoms with van der Waals surface area (Å²) in [6.07, 6.45) is 14.0. The Morgan fingerprint density at radius 2 is 1.05 bits per heavy atom. The van der Waals surface area contributed by atoms with E-state index in [1.54, 1.807) is 0 Å². The monoisotopic (exact) mass is 266 g/mol. The van der Waals surface area contributed by atoms with E-state index in [-0.39, 0.29) is 0 Å². The van der Waals surface area contributed by atoms with E-state index in [1.807, 2.05) is 24.5 Å². The first-order chi connectivity index (χ1) is 9.93. The number of aromatic nitrogens is 2. The number of aryl methyl sites for hydroxylation is 4. The lowest BCUT2D eigenvalue weighted by Crippen LogP contribution is -2.03. The quantitative estimate of drug-likeness (QED) is 0.722. The summed E-state index contributed by atoms with van der Waals surface area (Å²) >= 11 is 0. The first-order valence-electron chi connectivity index (χ1n) is 7.79. The molecule has 2 heterocycles. The van der Waals surface area contributed by atoms with Crippen molar-refractivity contribution in [3.63, 3.8) is 0 Å². The minimum Gasteiger partial charge on any atom is -0.261 e. The highest BCUT2D eigenvalue weighted by Gasteiger charge is 2.08. The molecule has 0 aliphatic heterocycles. The molecule has 2 heteroatoms. The molecule has 2 aromatic rings. The Labute approximate surface area is 121 Å². The Balaban J connectivity index is 0.000000121. The molecule has 20 heavy (non-hydrogen) atoms. The maximum absolute atomic E-state index is 4.32. The normalized spacial score (nSPS) is 16.4. The lowest BCUT2D eigenvalue weighted by atomic mass is 9.96. The summed E-state index contributed by atoms with van der Waals surface area (Å²) in [6.45, 7) is 0. The summed E-state index contributed by atoms with van der Waals surface area (Å²) in [5.41, 5.74) is 5.59. The summed E-state index contributed by atoms with van der Waals surface area (Å²) in [5.74, 6) is 0. The zero-order chi connectivity index (χ0) is 13.6. The van der Waals surface area contributed by atoms with Crippen LogP contribution in [-0.2, 0) is 25.7 Å². The molecule has 0 N–H and O–H groups in total. The second-order valence-electron chi connectivity index (χ2n) is 5.63. The van der Waals surface area contributed by atoms with Crippen LogP contribution >= 0.6 is 0 Å². The molecule has 0 atom stereocenters. The highest BCUT2D eigenvalue weighted by Crippen LogP contribution is 2.18. The number of rotatable bonds is 0. The lowest BCUT2D eigenvalue weighted by molar-refractivity contribution is 0.668. The molecule has 0 bridgehead atoms. The molecule has 0 aromatic carbocycles. The summed E-state index contributed by atoms with van der Waals surface area (Å²) in [4.78, 5) is 8.64. The molecule has 0 saturated heterocycles. The van der Waals surface area contributed by atoms with Crippen LogP contribution in [0.15, 0.2) is 36.7 Å². The molecule has 0 saturated carbocycles. The van der Waals surface area contributed by atoms with Gasteiger partial charge in [-0.3, -0.25) is 9.97 Å². The van der Waals surface area contributed by atoms with E-state index in [4.69, 9.17) is 0 Å². The van der Waals surface area contributed by atoms with E-state index in [9.17, 15) is 0 Å². The number of nitrogens with zero attached hydrogens (tertiary/aromatic N) is 2. The van der Waals surface area contributed by atoms with E-state index in [0.29, 0.717) is 0 Å². The SMILES string of the molecule is c1cnc2c(c1)CCCC2.c1cnc2c(c1)CCCC2. The van der Waals surface area contributed by atoms with Gasteiger partial charge in [-0.05, 0) is 74.6 Å². The van der Waals surface area contributed by atoms with Gasteiger partial charge in [0, 0.05) is 23.8 Å². The van der Waals surface area contributed by atoms with E-state index < -0.39 is 0 Å². The zero-order valence-corrected chi connectivity index (χ0v) is 12.0. The topological polar surface area (TPSA) is 25.8 Å². The van der Waals surface area contributed by atoms with Crippen LogP contribution in [0.1, 0.15) is 48.2 Å². The Morgan fingerprint density at radius 1 is 0.600 bits per heavy atom. The fraction of sp³-hybridized carbons (Fsp3) is 0.444. The van der Waals surface area contributed by atoms with Crippen molar-refractivity contribution < 1.29 is 0 Å². The Bertz CT molecular complexity index is 461. The Kier molecular flexibility index (Phi) is 4.42. The number of hydrogen-bond donors (Lipinski definition) is 0. The fourth-order valence-electron chi connectivity index (χ4n) is 3.06. The van der Waals surface area contributed by atoms with Crippen LogP contribution in [0, 0.1) is 0 Å². The van der Waals surface area contributed by atoms with Crippen LogP contribution in [0.5, 0.6) is 0 Å². The van der Waals surface area contributed by atoms with Gasteiger partial charge in [-0.1, -0.05) is 12.1 Å². The average molecular weight is 266 g/mol. The van der Waals surface area contributed by atoms with E-state index >= 15 is 0 Å². The Hall–Kier alpha value is -1.70. The first-order valence-corrected chi connectivity index (χ1v) is 7.79. The average Bonchev–Trinajstić information content (AvgIpc) is 2.56. The predicted octanol–water partition coefficient (Wildman–Crippen LogP) is 3.92. The zero-order valence-electron chi connectivity index (χ0n) is 12.0. The first kappa shape index (κ1) is 13.3. The predicted molar refractivity (Wildman–Crippen MR) is 81.8 cm³/mol. The highest BCUT2D eigenvalue weighted by molar-refractivity contribution is 5.22. The van der Waals surface area contributed by atoms with E-state index in [2.05, 4.69) is 22.1 Å². The molecule has 104 valence electrons. The molecule has 2 aromatic heterocycles. The lowest BCUT2D eigenvalue weighted by Gasteiger charge is -2.12. The molecule has 0 fully saturated rings.